The van der Waals surface area contributed by atoms with Gasteiger partial charge in [-0.3, -0.25) is 9.59 Å². The Morgan fingerprint density at radius 2 is 2.00 bits per heavy atom. The van der Waals surface area contributed by atoms with E-state index >= 15 is 0 Å². The van der Waals surface area contributed by atoms with Crippen LogP contribution in [0.2, 0.25) is 10.0 Å². The standard InChI is InChI=1S/C15H14Cl2N2O4/c1-23-14(21)8-4-5-18-12(6-8)13(20)19(15(18)22)9-2-3-10(16)11(17)7-9/h2-3,7-8,12H,4-6H2,1H3. The molecule has 0 bridgehead atoms. The summed E-state index contributed by atoms with van der Waals surface area (Å²) in [5.41, 5.74) is 0.374. The largest absolute Gasteiger partial charge is 0.469 e. The van der Waals surface area contributed by atoms with E-state index < -0.39 is 12.1 Å². The highest BCUT2D eigenvalue weighted by Gasteiger charge is 2.49. The lowest BCUT2D eigenvalue weighted by Crippen LogP contribution is -2.44. The van der Waals surface area contributed by atoms with Gasteiger partial charge in [-0.05, 0) is 31.0 Å². The van der Waals surface area contributed by atoms with Crippen LogP contribution in [0.25, 0.3) is 0 Å². The van der Waals surface area contributed by atoms with Crippen LogP contribution in [0, 0.1) is 5.92 Å². The zero-order valence-corrected chi connectivity index (χ0v) is 13.8. The van der Waals surface area contributed by atoms with Gasteiger partial charge in [-0.25, -0.2) is 9.69 Å². The predicted molar refractivity (Wildman–Crippen MR) is 84.6 cm³/mol. The van der Waals surface area contributed by atoms with E-state index in [-0.39, 0.29) is 29.2 Å². The number of carbonyl (C=O) groups excluding carboxylic acids is 3. The molecular weight excluding hydrogens is 343 g/mol. The van der Waals surface area contributed by atoms with E-state index in [0.29, 0.717) is 23.7 Å². The summed E-state index contributed by atoms with van der Waals surface area (Å²) in [5.74, 6) is -1.08. The van der Waals surface area contributed by atoms with Crippen molar-refractivity contribution in [2.75, 3.05) is 18.6 Å². The molecule has 1 aromatic carbocycles. The van der Waals surface area contributed by atoms with E-state index in [1.54, 1.807) is 6.07 Å². The Labute approximate surface area is 142 Å². The number of fused-ring (bicyclic) bond motifs is 1. The number of benzene rings is 1. The van der Waals surface area contributed by atoms with Crippen LogP contribution in [0.1, 0.15) is 12.8 Å². The number of methoxy groups -OCH3 is 1. The number of hydrogen-bond acceptors (Lipinski definition) is 4. The van der Waals surface area contributed by atoms with Gasteiger partial charge in [0.25, 0.3) is 5.91 Å². The fraction of sp³-hybridized carbons (Fsp3) is 0.400. The van der Waals surface area contributed by atoms with Crippen molar-refractivity contribution in [2.24, 2.45) is 5.92 Å². The van der Waals surface area contributed by atoms with Gasteiger partial charge in [0.2, 0.25) is 0 Å². The molecule has 0 saturated carbocycles. The van der Waals surface area contributed by atoms with Crippen molar-refractivity contribution in [2.45, 2.75) is 18.9 Å². The SMILES string of the molecule is COC(=O)C1CCN2C(=O)N(c3ccc(Cl)c(Cl)c3)C(=O)C2C1. The molecule has 2 aliphatic rings. The number of nitrogens with zero attached hydrogens (tertiary/aromatic N) is 2. The molecule has 0 N–H and O–H groups in total. The minimum atomic E-state index is -0.644. The Morgan fingerprint density at radius 1 is 1.26 bits per heavy atom. The summed E-state index contributed by atoms with van der Waals surface area (Å²) >= 11 is 11.8. The van der Waals surface area contributed by atoms with E-state index in [2.05, 4.69) is 0 Å². The summed E-state index contributed by atoms with van der Waals surface area (Å²) in [6, 6.07) is 3.54. The summed E-state index contributed by atoms with van der Waals surface area (Å²) in [6.07, 6.45) is 0.756. The first-order valence-electron chi connectivity index (χ1n) is 7.11. The second kappa shape index (κ2) is 6.02. The van der Waals surface area contributed by atoms with Crippen molar-refractivity contribution in [1.29, 1.82) is 0 Å². The maximum Gasteiger partial charge on any atom is 0.332 e. The van der Waals surface area contributed by atoms with Crippen molar-refractivity contribution in [3.63, 3.8) is 0 Å². The monoisotopic (exact) mass is 356 g/mol. The molecule has 6 nitrogen and oxygen atoms in total. The van der Waals surface area contributed by atoms with Crippen LogP contribution in [0.5, 0.6) is 0 Å². The smallest absolute Gasteiger partial charge is 0.332 e. The third kappa shape index (κ3) is 2.66. The van der Waals surface area contributed by atoms with Gasteiger partial charge in [0.15, 0.2) is 0 Å². The predicted octanol–water partition coefficient (Wildman–Crippen LogP) is 2.71. The zero-order valence-electron chi connectivity index (χ0n) is 12.3. The molecule has 23 heavy (non-hydrogen) atoms. The molecule has 2 atom stereocenters. The molecule has 2 aliphatic heterocycles. The lowest BCUT2D eigenvalue weighted by Gasteiger charge is -2.30. The van der Waals surface area contributed by atoms with E-state index in [4.69, 9.17) is 27.9 Å². The number of carbonyl (C=O) groups is 3. The summed E-state index contributed by atoms with van der Waals surface area (Å²) in [5, 5.41) is 0.611. The van der Waals surface area contributed by atoms with Crippen LogP contribution >= 0.6 is 23.2 Å². The molecule has 0 aromatic heterocycles. The van der Waals surface area contributed by atoms with Crippen molar-refractivity contribution in [3.8, 4) is 0 Å². The van der Waals surface area contributed by atoms with Crippen molar-refractivity contribution < 1.29 is 19.1 Å². The minimum absolute atomic E-state index is 0.266. The third-order valence-corrected chi connectivity index (χ3v) is 4.98. The zero-order chi connectivity index (χ0) is 16.7. The van der Waals surface area contributed by atoms with Crippen molar-refractivity contribution >= 4 is 46.8 Å². The van der Waals surface area contributed by atoms with Gasteiger partial charge in [0, 0.05) is 6.54 Å². The van der Waals surface area contributed by atoms with Gasteiger partial charge < -0.3 is 9.64 Å². The van der Waals surface area contributed by atoms with E-state index in [0.717, 1.165) is 4.90 Å². The first-order valence-corrected chi connectivity index (χ1v) is 7.87. The fourth-order valence-electron chi connectivity index (χ4n) is 3.04. The van der Waals surface area contributed by atoms with Crippen LogP contribution < -0.4 is 4.90 Å². The van der Waals surface area contributed by atoms with E-state index in [1.165, 1.54) is 24.1 Å². The Balaban J connectivity index is 1.88. The second-order valence-electron chi connectivity index (χ2n) is 5.51. The van der Waals surface area contributed by atoms with Gasteiger partial charge >= 0.3 is 12.0 Å². The Bertz CT molecular complexity index is 694. The average Bonchev–Trinajstić information content (AvgIpc) is 2.80. The number of amides is 3. The molecule has 2 heterocycles. The van der Waals surface area contributed by atoms with Crippen molar-refractivity contribution in [1.82, 2.24) is 4.90 Å². The number of rotatable bonds is 2. The number of esters is 1. The molecule has 2 fully saturated rings. The average molecular weight is 357 g/mol. The normalized spacial score (nSPS) is 24.0. The fourth-order valence-corrected chi connectivity index (χ4v) is 3.34. The highest BCUT2D eigenvalue weighted by Crippen LogP contribution is 2.35. The van der Waals surface area contributed by atoms with E-state index in [9.17, 15) is 14.4 Å². The summed E-state index contributed by atoms with van der Waals surface area (Å²) in [4.78, 5) is 39.4. The number of piperidine rings is 1. The number of ether oxygens (including phenoxy) is 1. The van der Waals surface area contributed by atoms with Gasteiger partial charge in [0.05, 0.1) is 28.8 Å². The molecule has 2 saturated heterocycles. The van der Waals surface area contributed by atoms with Gasteiger partial charge in [0.1, 0.15) is 6.04 Å². The molecule has 8 heteroatoms. The molecule has 1 aromatic rings. The van der Waals surface area contributed by atoms with Crippen LogP contribution in [0.15, 0.2) is 18.2 Å². The Hall–Kier alpha value is -1.79. The summed E-state index contributed by atoms with van der Waals surface area (Å²) < 4.78 is 4.74. The number of halogens is 2. The summed E-state index contributed by atoms with van der Waals surface area (Å²) in [6.45, 7) is 0.340. The van der Waals surface area contributed by atoms with Gasteiger partial charge in [-0.2, -0.15) is 0 Å². The first-order chi connectivity index (χ1) is 10.9. The topological polar surface area (TPSA) is 66.9 Å². The maximum absolute atomic E-state index is 12.6. The number of urea groups is 1. The number of imide groups is 1. The Kier molecular flexibility index (Phi) is 4.21. The molecule has 0 aliphatic carbocycles. The molecular formula is C15H14Cl2N2O4. The molecule has 122 valence electrons. The highest BCUT2D eigenvalue weighted by molar-refractivity contribution is 6.42. The minimum Gasteiger partial charge on any atom is -0.469 e. The molecule has 3 rings (SSSR count). The number of hydrogen-bond donors (Lipinski definition) is 0. The van der Waals surface area contributed by atoms with Crippen LogP contribution in [0.4, 0.5) is 10.5 Å². The molecule has 2 unspecified atom stereocenters. The lowest BCUT2D eigenvalue weighted by atomic mass is 9.91. The second-order valence-corrected chi connectivity index (χ2v) is 6.32. The third-order valence-electron chi connectivity index (χ3n) is 4.24. The van der Waals surface area contributed by atoms with Crippen LogP contribution in [-0.4, -0.2) is 42.5 Å². The lowest BCUT2D eigenvalue weighted by molar-refractivity contribution is -0.147. The Morgan fingerprint density at radius 3 is 2.65 bits per heavy atom. The summed E-state index contributed by atoms with van der Waals surface area (Å²) in [7, 11) is 1.32. The van der Waals surface area contributed by atoms with Crippen LogP contribution in [-0.2, 0) is 14.3 Å². The van der Waals surface area contributed by atoms with Gasteiger partial charge in [-0.15, -0.1) is 0 Å². The first kappa shape index (κ1) is 16.1. The van der Waals surface area contributed by atoms with Crippen LogP contribution in [0.3, 0.4) is 0 Å². The maximum atomic E-state index is 12.6. The quantitative estimate of drug-likeness (QED) is 0.603. The van der Waals surface area contributed by atoms with Crippen molar-refractivity contribution in [3.05, 3.63) is 28.2 Å². The van der Waals surface area contributed by atoms with E-state index in [1.807, 2.05) is 0 Å². The molecule has 0 spiro atoms. The highest BCUT2D eigenvalue weighted by atomic mass is 35.5. The van der Waals surface area contributed by atoms with Gasteiger partial charge in [-0.1, -0.05) is 23.2 Å². The number of anilines is 1. The molecule has 0 radical (unpaired) electrons. The molecule has 3 amide bonds.